The molecule has 0 radical (unpaired) electrons. The monoisotopic (exact) mass is 490 g/mol. The zero-order valence-corrected chi connectivity index (χ0v) is 20.8. The average molecular weight is 491 g/mol. The van der Waals surface area contributed by atoms with Crippen molar-refractivity contribution >= 4 is 22.8 Å². The van der Waals surface area contributed by atoms with E-state index < -0.39 is 0 Å². The van der Waals surface area contributed by atoms with Crippen LogP contribution < -0.4 is 10.5 Å². The van der Waals surface area contributed by atoms with E-state index in [1.54, 1.807) is 13.3 Å². The fourth-order valence-corrected chi connectivity index (χ4v) is 5.81. The number of nitrogens with two attached hydrogens (primary N) is 1. The van der Waals surface area contributed by atoms with E-state index in [9.17, 15) is 4.79 Å². The number of aromatic nitrogens is 3. The lowest BCUT2D eigenvalue weighted by molar-refractivity contribution is -0.131. The zero-order chi connectivity index (χ0) is 24.6. The minimum Gasteiger partial charge on any atom is -0.491 e. The van der Waals surface area contributed by atoms with Crippen molar-refractivity contribution in [3.8, 4) is 16.9 Å². The molecular weight excluding hydrogens is 456 g/mol. The van der Waals surface area contributed by atoms with Gasteiger partial charge in [0.25, 0.3) is 0 Å². The molecule has 3 aliphatic rings. The molecule has 190 valence electrons. The molecule has 6 rings (SSSR count). The third-order valence-electron chi connectivity index (χ3n) is 8.00. The van der Waals surface area contributed by atoms with Crippen LogP contribution in [0.25, 0.3) is 22.2 Å². The minimum atomic E-state index is 0.172. The summed E-state index contributed by atoms with van der Waals surface area (Å²) in [6, 6.07) is 9.06. The minimum absolute atomic E-state index is 0.172. The van der Waals surface area contributed by atoms with Crippen molar-refractivity contribution in [3.05, 3.63) is 36.8 Å². The Hall–Kier alpha value is -3.17. The lowest BCUT2D eigenvalue weighted by Crippen LogP contribution is -2.54. The van der Waals surface area contributed by atoms with Gasteiger partial charge >= 0.3 is 0 Å². The van der Waals surface area contributed by atoms with Gasteiger partial charge in [0.15, 0.2) is 0 Å². The first-order valence-corrected chi connectivity index (χ1v) is 13.0. The van der Waals surface area contributed by atoms with Crippen LogP contribution in [0.1, 0.15) is 38.6 Å². The number of carbonyl (C=O) groups excluding carboxylic acids is 1. The van der Waals surface area contributed by atoms with Gasteiger partial charge in [-0.1, -0.05) is 12.1 Å². The van der Waals surface area contributed by atoms with Crippen molar-refractivity contribution in [3.63, 3.8) is 0 Å². The molecule has 2 aliphatic heterocycles. The lowest BCUT2D eigenvalue weighted by Gasteiger charge is -2.46. The van der Waals surface area contributed by atoms with Gasteiger partial charge < -0.3 is 24.7 Å². The van der Waals surface area contributed by atoms with Gasteiger partial charge in [-0.2, -0.15) is 0 Å². The second kappa shape index (κ2) is 9.71. The first-order valence-electron chi connectivity index (χ1n) is 13.0. The van der Waals surface area contributed by atoms with Gasteiger partial charge in [-0.05, 0) is 43.4 Å². The smallest absolute Gasteiger partial charge is 0.219 e. The SMILES string of the molecule is CC(=O)N1CCN(C2CC(n3cc(-c4cccc(OC[C@@H]5CCCO5)c4)c4c(N)ncnc43)C2)CC1. The molecule has 2 saturated heterocycles. The van der Waals surface area contributed by atoms with Crippen LogP contribution in [-0.4, -0.2) is 81.8 Å². The highest BCUT2D eigenvalue weighted by Gasteiger charge is 2.37. The summed E-state index contributed by atoms with van der Waals surface area (Å²) >= 11 is 0. The van der Waals surface area contributed by atoms with E-state index in [0.29, 0.717) is 24.5 Å². The molecule has 1 saturated carbocycles. The molecule has 1 atom stereocenters. The van der Waals surface area contributed by atoms with Gasteiger partial charge in [0.1, 0.15) is 30.1 Å². The summed E-state index contributed by atoms with van der Waals surface area (Å²) in [5.74, 6) is 1.49. The van der Waals surface area contributed by atoms with Gasteiger partial charge in [-0.25, -0.2) is 9.97 Å². The van der Waals surface area contributed by atoms with E-state index in [1.807, 2.05) is 17.0 Å². The molecule has 36 heavy (non-hydrogen) atoms. The molecule has 3 fully saturated rings. The van der Waals surface area contributed by atoms with E-state index in [4.69, 9.17) is 15.2 Å². The molecule has 0 bridgehead atoms. The topological polar surface area (TPSA) is 98.7 Å². The van der Waals surface area contributed by atoms with Crippen molar-refractivity contribution in [2.75, 3.05) is 45.1 Å². The van der Waals surface area contributed by atoms with Gasteiger partial charge in [0, 0.05) is 63.6 Å². The number of carbonyl (C=O) groups is 1. The standard InChI is InChI=1S/C27H34N6O3/c1-18(34)31-7-9-32(10-8-31)20-13-21(14-20)33-15-24(25-26(28)29-17-30-27(25)33)19-4-2-5-22(12-19)36-16-23-6-3-11-35-23/h2,4-5,12,15,17,20-21,23H,3,6-11,13-14,16H2,1H3,(H2,28,29,30)/t20?,21?,23-/m0/s1. The van der Waals surface area contributed by atoms with E-state index >= 15 is 0 Å². The Bertz CT molecular complexity index is 1240. The molecule has 1 amide bonds. The van der Waals surface area contributed by atoms with Crippen molar-refractivity contribution in [1.29, 1.82) is 0 Å². The van der Waals surface area contributed by atoms with Crippen LogP contribution >= 0.6 is 0 Å². The van der Waals surface area contributed by atoms with Crippen molar-refractivity contribution in [2.24, 2.45) is 0 Å². The fraction of sp³-hybridized carbons (Fsp3) is 0.519. The summed E-state index contributed by atoms with van der Waals surface area (Å²) in [5.41, 5.74) is 9.33. The molecule has 1 aromatic carbocycles. The Morgan fingerprint density at radius 3 is 2.75 bits per heavy atom. The summed E-state index contributed by atoms with van der Waals surface area (Å²) < 4.78 is 14.0. The first kappa shape index (κ1) is 23.2. The molecule has 2 aromatic heterocycles. The van der Waals surface area contributed by atoms with Gasteiger partial charge in [0.2, 0.25) is 5.91 Å². The number of nitrogens with zero attached hydrogens (tertiary/aromatic N) is 5. The van der Waals surface area contributed by atoms with Crippen LogP contribution in [0.2, 0.25) is 0 Å². The fourth-order valence-electron chi connectivity index (χ4n) is 5.81. The van der Waals surface area contributed by atoms with Crippen LogP contribution in [0, 0.1) is 0 Å². The van der Waals surface area contributed by atoms with E-state index in [2.05, 4.69) is 37.8 Å². The van der Waals surface area contributed by atoms with Gasteiger partial charge in [-0.3, -0.25) is 9.69 Å². The first-order chi connectivity index (χ1) is 17.6. The molecular formula is C27H34N6O3. The third-order valence-corrected chi connectivity index (χ3v) is 8.00. The van der Waals surface area contributed by atoms with Crippen LogP contribution in [0.4, 0.5) is 5.82 Å². The molecule has 0 unspecified atom stereocenters. The number of rotatable bonds is 6. The third kappa shape index (κ3) is 4.41. The van der Waals surface area contributed by atoms with Crippen molar-refractivity contribution in [1.82, 2.24) is 24.3 Å². The van der Waals surface area contributed by atoms with Crippen molar-refractivity contribution in [2.45, 2.75) is 50.8 Å². The summed E-state index contributed by atoms with van der Waals surface area (Å²) in [5, 5.41) is 0.896. The second-order valence-corrected chi connectivity index (χ2v) is 10.2. The number of benzene rings is 1. The Morgan fingerprint density at radius 2 is 2.00 bits per heavy atom. The van der Waals surface area contributed by atoms with E-state index in [0.717, 1.165) is 86.4 Å². The number of anilines is 1. The molecule has 9 heteroatoms. The summed E-state index contributed by atoms with van der Waals surface area (Å²) in [7, 11) is 0. The highest BCUT2D eigenvalue weighted by atomic mass is 16.5. The maximum atomic E-state index is 11.7. The van der Waals surface area contributed by atoms with Crippen LogP contribution in [0.3, 0.4) is 0 Å². The molecule has 4 heterocycles. The highest BCUT2D eigenvalue weighted by molar-refractivity contribution is 6.00. The predicted octanol–water partition coefficient (Wildman–Crippen LogP) is 3.11. The number of hydrogen-bond acceptors (Lipinski definition) is 7. The molecule has 3 aromatic rings. The van der Waals surface area contributed by atoms with Gasteiger partial charge in [-0.15, -0.1) is 0 Å². The summed E-state index contributed by atoms with van der Waals surface area (Å²) in [4.78, 5) is 25.1. The molecule has 2 N–H and O–H groups in total. The lowest BCUT2D eigenvalue weighted by atomic mass is 9.85. The number of fused-ring (bicyclic) bond motifs is 1. The summed E-state index contributed by atoms with van der Waals surface area (Å²) in [6.45, 7) is 6.59. The van der Waals surface area contributed by atoms with Crippen molar-refractivity contribution < 1.29 is 14.3 Å². The number of nitrogen functional groups attached to an aromatic ring is 1. The van der Waals surface area contributed by atoms with Crippen LogP contribution in [0.15, 0.2) is 36.8 Å². The Labute approximate surface area is 211 Å². The van der Waals surface area contributed by atoms with E-state index in [-0.39, 0.29) is 12.0 Å². The second-order valence-electron chi connectivity index (χ2n) is 10.2. The molecule has 9 nitrogen and oxygen atoms in total. The number of amides is 1. The average Bonchev–Trinajstić information content (AvgIpc) is 3.52. The zero-order valence-electron chi connectivity index (χ0n) is 20.8. The van der Waals surface area contributed by atoms with Gasteiger partial charge in [0.05, 0.1) is 11.5 Å². The van der Waals surface area contributed by atoms with E-state index in [1.165, 1.54) is 0 Å². The predicted molar refractivity (Wildman–Crippen MR) is 138 cm³/mol. The molecule has 1 aliphatic carbocycles. The van der Waals surface area contributed by atoms with Crippen LogP contribution in [-0.2, 0) is 9.53 Å². The summed E-state index contributed by atoms with van der Waals surface area (Å²) in [6.07, 6.45) is 8.20. The quantitative estimate of drug-likeness (QED) is 0.567. The molecule has 0 spiro atoms. The van der Waals surface area contributed by atoms with Crippen LogP contribution in [0.5, 0.6) is 5.75 Å². The largest absolute Gasteiger partial charge is 0.491 e. The maximum Gasteiger partial charge on any atom is 0.219 e. The Morgan fingerprint density at radius 1 is 1.17 bits per heavy atom. The normalized spacial score (nSPS) is 24.7. The maximum absolute atomic E-state index is 11.7. The Kier molecular flexibility index (Phi) is 6.27. The number of hydrogen-bond donors (Lipinski definition) is 1. The Balaban J connectivity index is 1.20. The number of piperazine rings is 1. The number of ether oxygens (including phenoxy) is 2. The highest BCUT2D eigenvalue weighted by Crippen LogP contribution is 2.42.